The zero-order valence-corrected chi connectivity index (χ0v) is 24.9. The zero-order chi connectivity index (χ0) is 30.6. The second-order valence-electron chi connectivity index (χ2n) is 10.8. The van der Waals surface area contributed by atoms with E-state index in [2.05, 4.69) is 11.9 Å². The van der Waals surface area contributed by atoms with E-state index in [1.807, 2.05) is 60.7 Å². The van der Waals surface area contributed by atoms with Gasteiger partial charge in [0.1, 0.15) is 6.04 Å². The first-order valence-corrected chi connectivity index (χ1v) is 15.1. The Labute approximate surface area is 253 Å². The second-order valence-corrected chi connectivity index (χ2v) is 10.8. The van der Waals surface area contributed by atoms with Crippen LogP contribution in [0.25, 0.3) is 0 Å². The van der Waals surface area contributed by atoms with Crippen LogP contribution >= 0.6 is 0 Å². The summed E-state index contributed by atoms with van der Waals surface area (Å²) in [6.07, 6.45) is 5.92. The number of carbonyl (C=O) groups is 4. The first-order valence-electron chi connectivity index (χ1n) is 15.1. The largest absolute Gasteiger partial charge is 0.465 e. The Kier molecular flexibility index (Phi) is 11.6. The molecule has 2 heterocycles. The van der Waals surface area contributed by atoms with Crippen molar-refractivity contribution >= 4 is 23.8 Å². The predicted molar refractivity (Wildman–Crippen MR) is 162 cm³/mol. The highest BCUT2D eigenvalue weighted by Crippen LogP contribution is 2.35. The predicted octanol–water partition coefficient (Wildman–Crippen LogP) is 5.43. The standard InChI is InChI=1S/C35H40N2O6/c1-3-5-6-13-20-43-32(39)23-28-21-25(18-19-36-28)22-30-33(35(41)42-4-2)37(34(30)40)31(38)24-29(26-14-9-7-10-15-26)27-16-11-8-12-17-27/h7-12,14-19,21,29-30,33H,3-6,13,20,22-24H2,1-2H3/t30-,33+/m1/s1. The van der Waals surface area contributed by atoms with E-state index in [9.17, 15) is 19.2 Å². The fourth-order valence-electron chi connectivity index (χ4n) is 5.51. The van der Waals surface area contributed by atoms with Crippen molar-refractivity contribution in [3.8, 4) is 0 Å². The lowest BCUT2D eigenvalue weighted by atomic mass is 9.80. The smallest absolute Gasteiger partial charge is 0.330 e. The molecule has 1 fully saturated rings. The molecule has 2 atom stereocenters. The molecule has 1 saturated heterocycles. The molecule has 4 rings (SSSR count). The van der Waals surface area contributed by atoms with Crippen molar-refractivity contribution in [2.24, 2.45) is 5.92 Å². The summed E-state index contributed by atoms with van der Waals surface area (Å²) in [6.45, 7) is 4.34. The minimum absolute atomic E-state index is 0.0203. The summed E-state index contributed by atoms with van der Waals surface area (Å²) in [5.74, 6) is -2.82. The number of hydrogen-bond donors (Lipinski definition) is 0. The van der Waals surface area contributed by atoms with Crippen LogP contribution < -0.4 is 0 Å². The van der Waals surface area contributed by atoms with E-state index >= 15 is 0 Å². The lowest BCUT2D eigenvalue weighted by Crippen LogP contribution is -2.67. The number of pyridine rings is 1. The van der Waals surface area contributed by atoms with Crippen LogP contribution in [-0.2, 0) is 41.5 Å². The van der Waals surface area contributed by atoms with Crippen molar-refractivity contribution in [3.05, 3.63) is 101 Å². The molecule has 3 aromatic rings. The summed E-state index contributed by atoms with van der Waals surface area (Å²) in [4.78, 5) is 57.8. The van der Waals surface area contributed by atoms with Gasteiger partial charge in [-0.1, -0.05) is 86.8 Å². The van der Waals surface area contributed by atoms with E-state index < -0.39 is 29.7 Å². The summed E-state index contributed by atoms with van der Waals surface area (Å²) >= 11 is 0. The van der Waals surface area contributed by atoms with Crippen LogP contribution in [0, 0.1) is 5.92 Å². The van der Waals surface area contributed by atoms with Gasteiger partial charge >= 0.3 is 11.9 Å². The molecular weight excluding hydrogens is 544 g/mol. The number of β-lactam (4-membered cyclic amide) rings is 1. The van der Waals surface area contributed by atoms with Gasteiger partial charge in [0.05, 0.1) is 31.2 Å². The first kappa shape index (κ1) is 31.6. The molecule has 1 aromatic heterocycles. The van der Waals surface area contributed by atoms with Crippen LogP contribution in [0.3, 0.4) is 0 Å². The molecule has 2 amide bonds. The normalized spacial score (nSPS) is 16.1. The lowest BCUT2D eigenvalue weighted by Gasteiger charge is -2.44. The van der Waals surface area contributed by atoms with E-state index in [0.29, 0.717) is 12.3 Å². The summed E-state index contributed by atoms with van der Waals surface area (Å²) < 4.78 is 10.6. The molecule has 8 heteroatoms. The molecule has 8 nitrogen and oxygen atoms in total. The van der Waals surface area contributed by atoms with Crippen LogP contribution in [0.2, 0.25) is 0 Å². The van der Waals surface area contributed by atoms with Crippen molar-refractivity contribution in [2.75, 3.05) is 13.2 Å². The topological polar surface area (TPSA) is 103 Å². The third kappa shape index (κ3) is 8.37. The molecule has 0 bridgehead atoms. The van der Waals surface area contributed by atoms with Gasteiger partial charge in [-0.05, 0) is 48.6 Å². The third-order valence-electron chi connectivity index (χ3n) is 7.72. The highest BCUT2D eigenvalue weighted by molar-refractivity contribution is 6.08. The van der Waals surface area contributed by atoms with E-state index in [4.69, 9.17) is 9.47 Å². The maximum absolute atomic E-state index is 13.7. The summed E-state index contributed by atoms with van der Waals surface area (Å²) in [7, 11) is 0. The Hall–Kier alpha value is -4.33. The fraction of sp³-hybridized carbons (Fsp3) is 0.400. The summed E-state index contributed by atoms with van der Waals surface area (Å²) in [5, 5.41) is 0. The zero-order valence-electron chi connectivity index (χ0n) is 24.9. The molecule has 0 N–H and O–H groups in total. The molecular formula is C35H40N2O6. The van der Waals surface area contributed by atoms with Gasteiger partial charge in [-0.15, -0.1) is 0 Å². The Morgan fingerprint density at radius 3 is 2.19 bits per heavy atom. The minimum Gasteiger partial charge on any atom is -0.465 e. The average Bonchev–Trinajstić information content (AvgIpc) is 3.02. The van der Waals surface area contributed by atoms with Crippen LogP contribution in [0.15, 0.2) is 79.0 Å². The average molecular weight is 585 g/mol. The van der Waals surface area contributed by atoms with Crippen molar-refractivity contribution in [2.45, 2.75) is 70.8 Å². The van der Waals surface area contributed by atoms with Gasteiger partial charge in [-0.3, -0.25) is 24.3 Å². The van der Waals surface area contributed by atoms with Crippen molar-refractivity contribution < 1.29 is 28.7 Å². The maximum Gasteiger partial charge on any atom is 0.330 e. The molecule has 0 radical (unpaired) electrons. The molecule has 2 aromatic carbocycles. The number of ether oxygens (including phenoxy) is 2. The van der Waals surface area contributed by atoms with Crippen molar-refractivity contribution in [3.63, 3.8) is 0 Å². The molecule has 1 aliphatic rings. The summed E-state index contributed by atoms with van der Waals surface area (Å²) in [6, 6.07) is 21.8. The Bertz CT molecular complexity index is 1340. The summed E-state index contributed by atoms with van der Waals surface area (Å²) in [5.41, 5.74) is 3.16. The molecule has 0 aliphatic carbocycles. The maximum atomic E-state index is 13.7. The Balaban J connectivity index is 1.45. The first-order chi connectivity index (χ1) is 20.9. The Morgan fingerprint density at radius 2 is 1.56 bits per heavy atom. The molecule has 0 saturated carbocycles. The van der Waals surface area contributed by atoms with Gasteiger partial charge in [-0.25, -0.2) is 4.79 Å². The fourth-order valence-corrected chi connectivity index (χ4v) is 5.51. The SMILES string of the molecule is CCCCCCOC(=O)Cc1cc(C[C@H]2C(=O)N(C(=O)CC(c3ccccc3)c3ccccc3)[C@@H]2C(=O)OCC)ccn1. The van der Waals surface area contributed by atoms with Gasteiger partial charge in [0.25, 0.3) is 0 Å². The number of unbranched alkanes of at least 4 members (excludes halogenated alkanes) is 3. The Morgan fingerprint density at radius 1 is 0.884 bits per heavy atom. The van der Waals surface area contributed by atoms with Gasteiger partial charge < -0.3 is 9.47 Å². The molecule has 43 heavy (non-hydrogen) atoms. The number of imide groups is 1. The number of esters is 2. The lowest BCUT2D eigenvalue weighted by molar-refractivity contribution is -0.179. The number of benzene rings is 2. The van der Waals surface area contributed by atoms with Crippen LogP contribution in [0.5, 0.6) is 0 Å². The van der Waals surface area contributed by atoms with Crippen LogP contribution in [-0.4, -0.2) is 52.9 Å². The second kappa shape index (κ2) is 15.8. The number of carbonyl (C=O) groups excluding carboxylic acids is 4. The van der Waals surface area contributed by atoms with Crippen molar-refractivity contribution in [1.82, 2.24) is 9.88 Å². The number of rotatable bonds is 15. The van der Waals surface area contributed by atoms with Crippen LogP contribution in [0.1, 0.15) is 74.3 Å². The van der Waals surface area contributed by atoms with Gasteiger partial charge in [-0.2, -0.15) is 0 Å². The number of aromatic nitrogens is 1. The highest BCUT2D eigenvalue weighted by atomic mass is 16.5. The quantitative estimate of drug-likeness (QED) is 0.133. The van der Waals surface area contributed by atoms with Crippen LogP contribution in [0.4, 0.5) is 0 Å². The minimum atomic E-state index is -1.02. The van der Waals surface area contributed by atoms with Gasteiger partial charge in [0, 0.05) is 18.5 Å². The molecule has 226 valence electrons. The highest BCUT2D eigenvalue weighted by Gasteiger charge is 2.55. The van der Waals surface area contributed by atoms with E-state index in [0.717, 1.165) is 47.3 Å². The van der Waals surface area contributed by atoms with E-state index in [1.54, 1.807) is 25.3 Å². The van der Waals surface area contributed by atoms with E-state index in [1.165, 1.54) is 0 Å². The third-order valence-corrected chi connectivity index (χ3v) is 7.72. The number of likely N-dealkylation sites (tertiary alicyclic amines) is 1. The van der Waals surface area contributed by atoms with Crippen molar-refractivity contribution in [1.29, 1.82) is 0 Å². The van der Waals surface area contributed by atoms with Gasteiger partial charge in [0.15, 0.2) is 0 Å². The monoisotopic (exact) mass is 584 g/mol. The number of hydrogen-bond acceptors (Lipinski definition) is 7. The molecule has 1 aliphatic heterocycles. The van der Waals surface area contributed by atoms with Gasteiger partial charge in [0.2, 0.25) is 11.8 Å². The molecule has 0 unspecified atom stereocenters. The van der Waals surface area contributed by atoms with E-state index in [-0.39, 0.29) is 37.8 Å². The number of nitrogens with zero attached hydrogens (tertiary/aromatic N) is 2. The number of amides is 2. The molecule has 0 spiro atoms.